The van der Waals surface area contributed by atoms with E-state index in [1.54, 1.807) is 12.3 Å². The smallest absolute Gasteiger partial charge is 0.338 e. The quantitative estimate of drug-likeness (QED) is 0.606. The van der Waals surface area contributed by atoms with Crippen LogP contribution in [0.25, 0.3) is 0 Å². The number of pyridine rings is 1. The Morgan fingerprint density at radius 2 is 2.33 bits per heavy atom. The summed E-state index contributed by atoms with van der Waals surface area (Å²) in [4.78, 5) is 17.4. The number of aromatic nitrogens is 1. The van der Waals surface area contributed by atoms with Crippen molar-refractivity contribution in [2.24, 2.45) is 0 Å². The summed E-state index contributed by atoms with van der Waals surface area (Å²) in [6.07, 6.45) is 6.11. The van der Waals surface area contributed by atoms with Gasteiger partial charge < -0.3 is 9.64 Å². The maximum absolute atomic E-state index is 11.3. The van der Waals surface area contributed by atoms with Gasteiger partial charge in [0.05, 0.1) is 11.8 Å². The van der Waals surface area contributed by atoms with Crippen LogP contribution in [0.2, 0.25) is 5.15 Å². The van der Waals surface area contributed by atoms with Crippen LogP contribution >= 0.6 is 11.6 Å². The summed E-state index contributed by atoms with van der Waals surface area (Å²) >= 11 is 5.75. The van der Waals surface area contributed by atoms with Gasteiger partial charge in [0.2, 0.25) is 0 Å². The fourth-order valence-electron chi connectivity index (χ4n) is 2.12. The number of halogens is 1. The molecule has 0 aromatic carbocycles. The zero-order valence-corrected chi connectivity index (χ0v) is 10.4. The number of nitrogens with zero attached hydrogens (tertiary/aromatic N) is 2. The van der Waals surface area contributed by atoms with Crippen LogP contribution < -0.4 is 0 Å². The summed E-state index contributed by atoms with van der Waals surface area (Å²) in [5.74, 6) is 0.380. The van der Waals surface area contributed by atoms with Crippen molar-refractivity contribution in [1.82, 2.24) is 9.88 Å². The molecule has 0 spiro atoms. The monoisotopic (exact) mass is 262 g/mol. The highest BCUT2D eigenvalue weighted by atomic mass is 35.5. The van der Waals surface area contributed by atoms with Crippen LogP contribution in [0, 0.1) is 0 Å². The maximum atomic E-state index is 11.3. The van der Waals surface area contributed by atoms with E-state index in [1.165, 1.54) is 6.08 Å². The van der Waals surface area contributed by atoms with Crippen molar-refractivity contribution in [3.63, 3.8) is 0 Å². The molecule has 0 bridgehead atoms. The van der Waals surface area contributed by atoms with Crippen molar-refractivity contribution in [1.29, 1.82) is 0 Å². The number of ether oxygens (including phenoxy) is 1. The van der Waals surface area contributed by atoms with E-state index < -0.39 is 0 Å². The largest absolute Gasteiger partial charge is 0.421 e. The maximum Gasteiger partial charge on any atom is 0.338 e. The molecule has 0 unspecified atom stereocenters. The van der Waals surface area contributed by atoms with Crippen molar-refractivity contribution in [3.8, 4) is 0 Å². The molecule has 18 heavy (non-hydrogen) atoms. The minimum atomic E-state index is -0.294. The third kappa shape index (κ3) is 2.11. The summed E-state index contributed by atoms with van der Waals surface area (Å²) in [6.45, 7) is 1.57. The average Bonchev–Trinajstić information content (AvgIpc) is 2.73. The summed E-state index contributed by atoms with van der Waals surface area (Å²) < 4.78 is 5.10. The molecule has 0 amide bonds. The van der Waals surface area contributed by atoms with E-state index in [-0.39, 0.29) is 5.97 Å². The first kappa shape index (κ1) is 11.3. The van der Waals surface area contributed by atoms with Gasteiger partial charge >= 0.3 is 5.97 Å². The summed E-state index contributed by atoms with van der Waals surface area (Å²) in [6, 6.07) is 3.70. The Balaban J connectivity index is 1.81. The van der Waals surface area contributed by atoms with E-state index in [4.69, 9.17) is 16.3 Å². The van der Waals surface area contributed by atoms with Gasteiger partial charge in [0.25, 0.3) is 0 Å². The highest BCUT2D eigenvalue weighted by Gasteiger charge is 2.27. The Morgan fingerprint density at radius 3 is 3.11 bits per heavy atom. The lowest BCUT2D eigenvalue weighted by atomic mass is 10.1. The standard InChI is InChI=1S/C13H11ClN2O2/c14-12-4-3-9(7-15-12)8-16-5-1-2-11-10(16)6-13(17)18-11/h2-4,6-7H,1,5,8H2. The van der Waals surface area contributed by atoms with Gasteiger partial charge in [-0.05, 0) is 24.1 Å². The lowest BCUT2D eigenvalue weighted by Gasteiger charge is -2.28. The summed E-state index contributed by atoms with van der Waals surface area (Å²) in [5.41, 5.74) is 1.92. The van der Waals surface area contributed by atoms with Gasteiger partial charge in [-0.3, -0.25) is 0 Å². The van der Waals surface area contributed by atoms with Gasteiger partial charge in [-0.25, -0.2) is 9.78 Å². The molecule has 0 radical (unpaired) electrons. The highest BCUT2D eigenvalue weighted by Crippen LogP contribution is 2.29. The van der Waals surface area contributed by atoms with E-state index in [9.17, 15) is 4.79 Å². The van der Waals surface area contributed by atoms with Crippen LogP contribution in [-0.4, -0.2) is 22.4 Å². The SMILES string of the molecule is O=C1C=C2C(=CCCN2Cc2ccc(Cl)nc2)O1. The Bertz CT molecular complexity index is 549. The predicted molar refractivity (Wildman–Crippen MR) is 66.5 cm³/mol. The minimum Gasteiger partial charge on any atom is -0.421 e. The number of carbonyl (C=O) groups is 1. The molecule has 2 aliphatic heterocycles. The molecule has 0 fully saturated rings. The van der Waals surface area contributed by atoms with Crippen molar-refractivity contribution >= 4 is 17.6 Å². The van der Waals surface area contributed by atoms with Crippen LogP contribution in [0.1, 0.15) is 12.0 Å². The first-order valence-electron chi connectivity index (χ1n) is 5.72. The number of carbonyl (C=O) groups excluding carboxylic acids is 1. The Labute approximate surface area is 110 Å². The van der Waals surface area contributed by atoms with E-state index in [1.807, 2.05) is 12.1 Å². The number of rotatable bonds is 2. The molecular formula is C13H11ClN2O2. The lowest BCUT2D eigenvalue weighted by molar-refractivity contribution is -0.132. The van der Waals surface area contributed by atoms with Gasteiger partial charge in [-0.2, -0.15) is 0 Å². The van der Waals surface area contributed by atoms with Gasteiger partial charge in [-0.15, -0.1) is 0 Å². The van der Waals surface area contributed by atoms with Crippen molar-refractivity contribution in [2.75, 3.05) is 6.54 Å². The van der Waals surface area contributed by atoms with Crippen LogP contribution in [0.4, 0.5) is 0 Å². The second kappa shape index (κ2) is 4.46. The zero-order valence-electron chi connectivity index (χ0n) is 9.60. The van der Waals surface area contributed by atoms with Crippen molar-refractivity contribution in [3.05, 3.63) is 52.7 Å². The van der Waals surface area contributed by atoms with Crippen molar-refractivity contribution in [2.45, 2.75) is 13.0 Å². The van der Waals surface area contributed by atoms with Gasteiger partial charge in [0.15, 0.2) is 5.76 Å². The fraction of sp³-hybridized carbons (Fsp3) is 0.231. The topological polar surface area (TPSA) is 42.4 Å². The normalized spacial score (nSPS) is 18.1. The Hall–Kier alpha value is -1.81. The molecule has 0 saturated carbocycles. The number of esters is 1. The van der Waals surface area contributed by atoms with E-state index in [0.717, 1.165) is 24.2 Å². The lowest BCUT2D eigenvalue weighted by Crippen LogP contribution is -2.26. The molecular weight excluding hydrogens is 252 g/mol. The Kier molecular flexibility index (Phi) is 2.80. The Morgan fingerprint density at radius 1 is 1.44 bits per heavy atom. The molecule has 92 valence electrons. The minimum absolute atomic E-state index is 0.294. The third-order valence-electron chi connectivity index (χ3n) is 2.95. The van der Waals surface area contributed by atoms with Gasteiger partial charge in [0, 0.05) is 19.3 Å². The zero-order chi connectivity index (χ0) is 12.5. The van der Waals surface area contributed by atoms with Gasteiger partial charge in [-0.1, -0.05) is 17.7 Å². The molecule has 0 N–H and O–H groups in total. The molecule has 1 aromatic heterocycles. The molecule has 0 saturated heterocycles. The molecule has 3 rings (SSSR count). The second-order valence-corrected chi connectivity index (χ2v) is 4.61. The summed E-state index contributed by atoms with van der Waals surface area (Å²) in [7, 11) is 0. The highest BCUT2D eigenvalue weighted by molar-refractivity contribution is 6.29. The van der Waals surface area contributed by atoms with Crippen LogP contribution in [0.5, 0.6) is 0 Å². The van der Waals surface area contributed by atoms with E-state index in [2.05, 4.69) is 9.88 Å². The first-order chi connectivity index (χ1) is 8.72. The van der Waals surface area contributed by atoms with Crippen LogP contribution in [-0.2, 0) is 16.1 Å². The molecule has 3 heterocycles. The van der Waals surface area contributed by atoms with Crippen LogP contribution in [0.15, 0.2) is 41.9 Å². The first-order valence-corrected chi connectivity index (χ1v) is 6.09. The summed E-state index contributed by atoms with van der Waals surface area (Å²) in [5, 5.41) is 0.483. The van der Waals surface area contributed by atoms with Gasteiger partial charge in [0.1, 0.15) is 5.15 Å². The molecule has 4 nitrogen and oxygen atoms in total. The van der Waals surface area contributed by atoms with E-state index >= 15 is 0 Å². The average molecular weight is 263 g/mol. The molecule has 1 aromatic rings. The molecule has 0 atom stereocenters. The third-order valence-corrected chi connectivity index (χ3v) is 3.17. The molecule has 5 heteroatoms. The van der Waals surface area contributed by atoms with E-state index in [0.29, 0.717) is 17.5 Å². The number of fused-ring (bicyclic) bond motifs is 1. The molecule has 2 aliphatic rings. The fourth-order valence-corrected chi connectivity index (χ4v) is 2.23. The number of hydrogen-bond donors (Lipinski definition) is 0. The van der Waals surface area contributed by atoms with Crippen molar-refractivity contribution < 1.29 is 9.53 Å². The predicted octanol–water partition coefficient (Wildman–Crippen LogP) is 2.27. The number of hydrogen-bond acceptors (Lipinski definition) is 4. The molecule has 0 aliphatic carbocycles. The van der Waals surface area contributed by atoms with Crippen LogP contribution in [0.3, 0.4) is 0 Å². The second-order valence-electron chi connectivity index (χ2n) is 4.22.